The first-order valence-corrected chi connectivity index (χ1v) is 9.78. The molecule has 0 aliphatic rings. The Balaban J connectivity index is 1.73. The maximum absolute atomic E-state index is 13.9. The van der Waals surface area contributed by atoms with Crippen LogP contribution >= 0.6 is 11.6 Å². The van der Waals surface area contributed by atoms with Gasteiger partial charge in [0.2, 0.25) is 5.91 Å². The molecule has 0 saturated carbocycles. The van der Waals surface area contributed by atoms with Crippen molar-refractivity contribution in [2.45, 2.75) is 26.4 Å². The minimum absolute atomic E-state index is 0.120. The number of carbonyl (C=O) groups is 1. The topological polar surface area (TPSA) is 70.7 Å². The van der Waals surface area contributed by atoms with E-state index in [-0.39, 0.29) is 5.56 Å². The highest BCUT2D eigenvalue weighted by molar-refractivity contribution is 6.31. The molecule has 0 aliphatic carbocycles. The van der Waals surface area contributed by atoms with Crippen LogP contribution in [0.2, 0.25) is 5.15 Å². The fourth-order valence-corrected chi connectivity index (χ4v) is 3.29. The molecular formula is C23H19ClF2N4O. The molecule has 0 saturated heterocycles. The Morgan fingerprint density at radius 3 is 2.61 bits per heavy atom. The van der Waals surface area contributed by atoms with Crippen LogP contribution in [0.5, 0.6) is 0 Å². The van der Waals surface area contributed by atoms with Crippen LogP contribution in [0.25, 0.3) is 6.08 Å². The van der Waals surface area contributed by atoms with Crippen molar-refractivity contribution < 1.29 is 13.6 Å². The van der Waals surface area contributed by atoms with E-state index in [1.165, 1.54) is 12.2 Å². The van der Waals surface area contributed by atoms with Gasteiger partial charge in [-0.2, -0.15) is 10.4 Å². The highest BCUT2D eigenvalue weighted by atomic mass is 35.5. The molecule has 0 radical (unpaired) electrons. The molecule has 0 spiro atoms. The van der Waals surface area contributed by atoms with Gasteiger partial charge in [0.25, 0.3) is 0 Å². The predicted molar refractivity (Wildman–Crippen MR) is 114 cm³/mol. The van der Waals surface area contributed by atoms with Crippen molar-refractivity contribution in [1.29, 1.82) is 5.26 Å². The number of halogens is 3. The van der Waals surface area contributed by atoms with Crippen LogP contribution in [0.15, 0.2) is 48.5 Å². The van der Waals surface area contributed by atoms with Crippen LogP contribution < -0.4 is 5.32 Å². The molecule has 1 atom stereocenters. The van der Waals surface area contributed by atoms with E-state index < -0.39 is 23.6 Å². The number of hydrogen-bond donors (Lipinski definition) is 1. The number of carbonyl (C=O) groups excluding carboxylic acids is 1. The van der Waals surface area contributed by atoms with Gasteiger partial charge < -0.3 is 5.32 Å². The normalized spacial score (nSPS) is 12.0. The van der Waals surface area contributed by atoms with Gasteiger partial charge in [0.1, 0.15) is 22.8 Å². The highest BCUT2D eigenvalue weighted by Gasteiger charge is 2.18. The first-order valence-electron chi connectivity index (χ1n) is 9.40. The Morgan fingerprint density at radius 2 is 1.97 bits per heavy atom. The quantitative estimate of drug-likeness (QED) is 0.555. The summed E-state index contributed by atoms with van der Waals surface area (Å²) in [6.07, 6.45) is 2.68. The number of amides is 1. The highest BCUT2D eigenvalue weighted by Crippen LogP contribution is 2.23. The number of aryl methyl sites for hydroxylation is 2. The third-order valence-corrected chi connectivity index (χ3v) is 5.05. The van der Waals surface area contributed by atoms with E-state index in [0.29, 0.717) is 29.0 Å². The molecule has 0 bridgehead atoms. The molecule has 1 N–H and O–H groups in total. The number of aromatic nitrogens is 2. The maximum atomic E-state index is 13.9. The SMILES string of the molecule is Cc1ccc(Cn2nc(C)c(/C=C/C(=O)NC(C#N)c3ccc(F)cc3F)c2Cl)cc1. The van der Waals surface area contributed by atoms with Crippen LogP contribution in [-0.2, 0) is 11.3 Å². The molecular weight excluding hydrogens is 422 g/mol. The second-order valence-corrected chi connectivity index (χ2v) is 7.36. The van der Waals surface area contributed by atoms with E-state index in [1.807, 2.05) is 31.2 Å². The molecule has 2 aromatic carbocycles. The Kier molecular flexibility index (Phi) is 6.83. The summed E-state index contributed by atoms with van der Waals surface area (Å²) < 4.78 is 28.6. The van der Waals surface area contributed by atoms with Gasteiger partial charge in [-0.3, -0.25) is 4.79 Å². The molecule has 1 aromatic heterocycles. The molecule has 1 amide bonds. The van der Waals surface area contributed by atoms with E-state index in [9.17, 15) is 18.8 Å². The molecule has 8 heteroatoms. The molecule has 0 fully saturated rings. The standard InChI is InChI=1S/C23H19ClF2N4O/c1-14-3-5-16(6-4-14)13-30-23(24)18(15(2)29-30)9-10-22(31)28-21(12-27)19-8-7-17(25)11-20(19)26/h3-11,21H,13H2,1-2H3,(H,28,31)/b10-9+. The number of nitrogens with zero attached hydrogens (tertiary/aromatic N) is 3. The monoisotopic (exact) mass is 440 g/mol. The van der Waals surface area contributed by atoms with Crippen LogP contribution in [0.3, 0.4) is 0 Å². The molecule has 3 rings (SSSR count). The van der Waals surface area contributed by atoms with Crippen LogP contribution in [-0.4, -0.2) is 15.7 Å². The van der Waals surface area contributed by atoms with Crippen molar-refractivity contribution in [2.75, 3.05) is 0 Å². The minimum atomic E-state index is -1.27. The lowest BCUT2D eigenvalue weighted by Gasteiger charge is -2.11. The van der Waals surface area contributed by atoms with Crippen molar-refractivity contribution in [1.82, 2.24) is 15.1 Å². The molecule has 0 aliphatic heterocycles. The van der Waals surface area contributed by atoms with Crippen LogP contribution in [0, 0.1) is 36.8 Å². The maximum Gasteiger partial charge on any atom is 0.245 e. The van der Waals surface area contributed by atoms with Crippen molar-refractivity contribution in [3.8, 4) is 6.07 Å². The minimum Gasteiger partial charge on any atom is -0.333 e. The molecule has 5 nitrogen and oxygen atoms in total. The van der Waals surface area contributed by atoms with Crippen molar-refractivity contribution in [3.63, 3.8) is 0 Å². The summed E-state index contributed by atoms with van der Waals surface area (Å²) in [5.41, 5.74) is 3.25. The summed E-state index contributed by atoms with van der Waals surface area (Å²) >= 11 is 6.44. The fraction of sp³-hybridized carbons (Fsp3) is 0.174. The van der Waals surface area contributed by atoms with Gasteiger partial charge in [0.05, 0.1) is 18.3 Å². The van der Waals surface area contributed by atoms with Gasteiger partial charge in [0.15, 0.2) is 0 Å². The summed E-state index contributed by atoms with van der Waals surface area (Å²) in [6.45, 7) is 4.24. The first-order chi connectivity index (χ1) is 14.8. The van der Waals surface area contributed by atoms with E-state index in [4.69, 9.17) is 11.6 Å². The Morgan fingerprint density at radius 1 is 1.26 bits per heavy atom. The third kappa shape index (κ3) is 5.36. The number of nitrogens with one attached hydrogen (secondary N) is 1. The number of hydrogen-bond acceptors (Lipinski definition) is 3. The van der Waals surface area contributed by atoms with Gasteiger partial charge in [-0.1, -0.05) is 47.5 Å². The zero-order chi connectivity index (χ0) is 22.5. The lowest BCUT2D eigenvalue weighted by atomic mass is 10.1. The van der Waals surface area contributed by atoms with Crippen LogP contribution in [0.1, 0.15) is 34.0 Å². The average molecular weight is 441 g/mol. The van der Waals surface area contributed by atoms with E-state index >= 15 is 0 Å². The van der Waals surface area contributed by atoms with Gasteiger partial charge in [-0.25, -0.2) is 13.5 Å². The zero-order valence-electron chi connectivity index (χ0n) is 16.9. The summed E-state index contributed by atoms with van der Waals surface area (Å²) in [5, 5.41) is 16.4. The Bertz CT molecular complexity index is 1180. The van der Waals surface area contributed by atoms with E-state index in [1.54, 1.807) is 17.7 Å². The lowest BCUT2D eigenvalue weighted by molar-refractivity contribution is -0.116. The first kappa shape index (κ1) is 22.2. The lowest BCUT2D eigenvalue weighted by Crippen LogP contribution is -2.26. The summed E-state index contributed by atoms with van der Waals surface area (Å²) in [4.78, 5) is 12.3. The summed E-state index contributed by atoms with van der Waals surface area (Å²) in [5.74, 6) is -2.30. The number of rotatable bonds is 6. The molecule has 3 aromatic rings. The summed E-state index contributed by atoms with van der Waals surface area (Å²) in [7, 11) is 0. The largest absolute Gasteiger partial charge is 0.333 e. The molecule has 1 unspecified atom stereocenters. The smallest absolute Gasteiger partial charge is 0.245 e. The van der Waals surface area contributed by atoms with Gasteiger partial charge in [0, 0.05) is 23.3 Å². The zero-order valence-corrected chi connectivity index (χ0v) is 17.6. The average Bonchev–Trinajstić information content (AvgIpc) is 2.99. The van der Waals surface area contributed by atoms with E-state index in [0.717, 1.165) is 23.3 Å². The van der Waals surface area contributed by atoms with Gasteiger partial charge >= 0.3 is 0 Å². The van der Waals surface area contributed by atoms with Gasteiger partial charge in [-0.15, -0.1) is 0 Å². The number of benzene rings is 2. The second-order valence-electron chi connectivity index (χ2n) is 7.00. The Labute approximate surface area is 183 Å². The number of nitriles is 1. The molecule has 1 heterocycles. The van der Waals surface area contributed by atoms with Crippen molar-refractivity contribution >= 4 is 23.6 Å². The van der Waals surface area contributed by atoms with E-state index in [2.05, 4.69) is 10.4 Å². The fourth-order valence-electron chi connectivity index (χ4n) is 2.99. The Hall–Kier alpha value is -3.50. The van der Waals surface area contributed by atoms with Crippen molar-refractivity contribution in [3.05, 3.63) is 93.3 Å². The van der Waals surface area contributed by atoms with Gasteiger partial charge in [-0.05, 0) is 31.6 Å². The molecule has 31 heavy (non-hydrogen) atoms. The van der Waals surface area contributed by atoms with Crippen LogP contribution in [0.4, 0.5) is 8.78 Å². The third-order valence-electron chi connectivity index (χ3n) is 4.65. The molecule has 158 valence electrons. The summed E-state index contributed by atoms with van der Waals surface area (Å²) in [6, 6.07) is 11.3. The second kappa shape index (κ2) is 9.54. The van der Waals surface area contributed by atoms with Crippen molar-refractivity contribution in [2.24, 2.45) is 0 Å². The predicted octanol–water partition coefficient (Wildman–Crippen LogP) is 4.87.